The second kappa shape index (κ2) is 7.47. The van der Waals surface area contributed by atoms with Crippen LogP contribution in [0.3, 0.4) is 0 Å². The molecule has 0 spiro atoms. The lowest BCUT2D eigenvalue weighted by Crippen LogP contribution is -2.48. The Hall–Kier alpha value is -2.38. The van der Waals surface area contributed by atoms with Crippen LogP contribution in [0.15, 0.2) is 53.4 Å². The summed E-state index contributed by atoms with van der Waals surface area (Å²) in [6, 6.07) is 14.1. The maximum absolute atomic E-state index is 12.8. The summed E-state index contributed by atoms with van der Waals surface area (Å²) in [6.07, 6.45) is 0. The summed E-state index contributed by atoms with van der Waals surface area (Å²) >= 11 is 0. The Morgan fingerprint density at radius 1 is 1.00 bits per heavy atom. The minimum atomic E-state index is -3.47. The SMILES string of the molecule is COC(=O)c1ccc(N2CCN(S(=O)(=O)c3cccc(C)c3)CC2)cc1. The average Bonchev–Trinajstić information content (AvgIpc) is 2.67. The van der Waals surface area contributed by atoms with E-state index in [4.69, 9.17) is 4.74 Å². The zero-order valence-electron chi connectivity index (χ0n) is 14.9. The number of rotatable bonds is 4. The number of ether oxygens (including phenoxy) is 1. The van der Waals surface area contributed by atoms with Crippen molar-refractivity contribution in [2.45, 2.75) is 11.8 Å². The summed E-state index contributed by atoms with van der Waals surface area (Å²) in [4.78, 5) is 14.0. The largest absolute Gasteiger partial charge is 0.465 e. The minimum absolute atomic E-state index is 0.341. The highest BCUT2D eigenvalue weighted by atomic mass is 32.2. The Labute approximate surface area is 154 Å². The fraction of sp³-hybridized carbons (Fsp3) is 0.316. The molecule has 1 aliphatic heterocycles. The van der Waals surface area contributed by atoms with Crippen molar-refractivity contribution in [3.63, 3.8) is 0 Å². The van der Waals surface area contributed by atoms with Gasteiger partial charge in [0.2, 0.25) is 10.0 Å². The Kier molecular flexibility index (Phi) is 5.29. The van der Waals surface area contributed by atoms with Crippen molar-refractivity contribution >= 4 is 21.7 Å². The van der Waals surface area contributed by atoms with Crippen molar-refractivity contribution < 1.29 is 17.9 Å². The van der Waals surface area contributed by atoms with Gasteiger partial charge < -0.3 is 9.64 Å². The van der Waals surface area contributed by atoms with Crippen LogP contribution < -0.4 is 4.90 Å². The summed E-state index contributed by atoms with van der Waals surface area (Å²) in [6.45, 7) is 3.93. The van der Waals surface area contributed by atoms with E-state index < -0.39 is 10.0 Å². The predicted molar refractivity (Wildman–Crippen MR) is 99.9 cm³/mol. The Morgan fingerprint density at radius 3 is 2.23 bits per heavy atom. The second-order valence-corrected chi connectivity index (χ2v) is 8.18. The van der Waals surface area contributed by atoms with Crippen LogP contribution in [0.1, 0.15) is 15.9 Å². The van der Waals surface area contributed by atoms with Crippen LogP contribution in [-0.2, 0) is 14.8 Å². The van der Waals surface area contributed by atoms with Gasteiger partial charge in [0.1, 0.15) is 0 Å². The lowest BCUT2D eigenvalue weighted by atomic mass is 10.2. The number of carbonyl (C=O) groups is 1. The fourth-order valence-corrected chi connectivity index (χ4v) is 4.57. The van der Waals surface area contributed by atoms with Gasteiger partial charge in [0, 0.05) is 31.9 Å². The number of methoxy groups -OCH3 is 1. The molecule has 138 valence electrons. The monoisotopic (exact) mass is 374 g/mol. The molecule has 2 aromatic carbocycles. The number of hydrogen-bond acceptors (Lipinski definition) is 5. The molecule has 26 heavy (non-hydrogen) atoms. The summed E-state index contributed by atoms with van der Waals surface area (Å²) < 4.78 is 31.8. The van der Waals surface area contributed by atoms with Gasteiger partial charge >= 0.3 is 5.97 Å². The van der Waals surface area contributed by atoms with Crippen LogP contribution in [0.2, 0.25) is 0 Å². The normalized spacial score (nSPS) is 15.7. The third-order valence-electron chi connectivity index (χ3n) is 4.52. The molecule has 0 radical (unpaired) electrons. The molecule has 3 rings (SSSR count). The van der Waals surface area contributed by atoms with Crippen LogP contribution >= 0.6 is 0 Å². The first-order valence-corrected chi connectivity index (χ1v) is 9.86. The molecule has 0 atom stereocenters. The number of aryl methyl sites for hydroxylation is 1. The number of hydrogen-bond donors (Lipinski definition) is 0. The molecule has 0 amide bonds. The highest BCUT2D eigenvalue weighted by Gasteiger charge is 2.28. The van der Waals surface area contributed by atoms with Crippen molar-refractivity contribution in [3.8, 4) is 0 Å². The quantitative estimate of drug-likeness (QED) is 0.768. The van der Waals surface area contributed by atoms with Crippen LogP contribution in [0, 0.1) is 6.92 Å². The number of sulfonamides is 1. The molecule has 2 aromatic rings. The highest BCUT2D eigenvalue weighted by molar-refractivity contribution is 7.89. The van der Waals surface area contributed by atoms with E-state index >= 15 is 0 Å². The number of piperazine rings is 1. The number of carbonyl (C=O) groups excluding carboxylic acids is 1. The summed E-state index contributed by atoms with van der Waals surface area (Å²) in [5.74, 6) is -0.370. The predicted octanol–water partition coefficient (Wildman–Crippen LogP) is 2.29. The summed E-state index contributed by atoms with van der Waals surface area (Å²) in [5.41, 5.74) is 2.39. The van der Waals surface area contributed by atoms with Gasteiger partial charge in [-0.15, -0.1) is 0 Å². The Bertz CT molecular complexity index is 886. The third-order valence-corrected chi connectivity index (χ3v) is 6.41. The van der Waals surface area contributed by atoms with E-state index in [9.17, 15) is 13.2 Å². The molecule has 1 aliphatic rings. The molecule has 0 unspecified atom stereocenters. The zero-order valence-corrected chi connectivity index (χ0v) is 15.7. The van der Waals surface area contributed by atoms with E-state index in [2.05, 4.69) is 4.90 Å². The van der Waals surface area contributed by atoms with Crippen LogP contribution in [0.25, 0.3) is 0 Å². The maximum atomic E-state index is 12.8. The molecule has 1 heterocycles. The van der Waals surface area contributed by atoms with Gasteiger partial charge in [-0.25, -0.2) is 13.2 Å². The molecule has 6 nitrogen and oxygen atoms in total. The smallest absolute Gasteiger partial charge is 0.337 e. The molecule has 0 aliphatic carbocycles. The van der Waals surface area contributed by atoms with E-state index in [1.807, 2.05) is 25.1 Å². The third kappa shape index (κ3) is 3.73. The van der Waals surface area contributed by atoms with Crippen molar-refractivity contribution in [3.05, 3.63) is 59.7 Å². The van der Waals surface area contributed by atoms with Crippen molar-refractivity contribution in [2.24, 2.45) is 0 Å². The molecule has 0 bridgehead atoms. The van der Waals surface area contributed by atoms with Crippen LogP contribution in [0.4, 0.5) is 5.69 Å². The molecule has 7 heteroatoms. The topological polar surface area (TPSA) is 66.9 Å². The first-order chi connectivity index (χ1) is 12.4. The number of esters is 1. The van der Waals surface area contributed by atoms with Crippen molar-refractivity contribution in [2.75, 3.05) is 38.2 Å². The minimum Gasteiger partial charge on any atom is -0.465 e. The Morgan fingerprint density at radius 2 is 1.65 bits per heavy atom. The molecular weight excluding hydrogens is 352 g/mol. The van der Waals surface area contributed by atoms with Crippen molar-refractivity contribution in [1.82, 2.24) is 4.31 Å². The molecule has 0 saturated carbocycles. The van der Waals surface area contributed by atoms with Gasteiger partial charge in [0.15, 0.2) is 0 Å². The van der Waals surface area contributed by atoms with Crippen LogP contribution in [-0.4, -0.2) is 52.0 Å². The lowest BCUT2D eigenvalue weighted by Gasteiger charge is -2.35. The molecule has 1 fully saturated rings. The Balaban J connectivity index is 1.68. The lowest BCUT2D eigenvalue weighted by molar-refractivity contribution is 0.0600. The van der Waals surface area contributed by atoms with Gasteiger partial charge in [0.05, 0.1) is 17.6 Å². The van der Waals surface area contributed by atoms with Gasteiger partial charge in [-0.1, -0.05) is 12.1 Å². The van der Waals surface area contributed by atoms with Crippen LogP contribution in [0.5, 0.6) is 0 Å². The highest BCUT2D eigenvalue weighted by Crippen LogP contribution is 2.22. The first kappa shape index (κ1) is 18.4. The van der Waals surface area contributed by atoms with Gasteiger partial charge in [-0.2, -0.15) is 4.31 Å². The molecule has 0 aromatic heterocycles. The van der Waals surface area contributed by atoms with E-state index in [1.165, 1.54) is 11.4 Å². The van der Waals surface area contributed by atoms with E-state index in [1.54, 1.807) is 30.3 Å². The fourth-order valence-electron chi connectivity index (χ4n) is 3.04. The average molecular weight is 374 g/mol. The summed E-state index contributed by atoms with van der Waals surface area (Å²) in [7, 11) is -2.11. The maximum Gasteiger partial charge on any atom is 0.337 e. The van der Waals surface area contributed by atoms with E-state index in [-0.39, 0.29) is 5.97 Å². The number of anilines is 1. The zero-order chi connectivity index (χ0) is 18.7. The number of nitrogens with zero attached hydrogens (tertiary/aromatic N) is 2. The summed E-state index contributed by atoms with van der Waals surface area (Å²) in [5, 5.41) is 0. The second-order valence-electron chi connectivity index (χ2n) is 6.25. The van der Waals surface area contributed by atoms with E-state index in [0.717, 1.165) is 11.3 Å². The standard InChI is InChI=1S/C19H22N2O4S/c1-15-4-3-5-18(14-15)26(23,24)21-12-10-20(11-13-21)17-8-6-16(7-9-17)19(22)25-2/h3-9,14H,10-13H2,1-2H3. The number of benzene rings is 2. The van der Waals surface area contributed by atoms with Crippen molar-refractivity contribution in [1.29, 1.82) is 0 Å². The van der Waals surface area contributed by atoms with Gasteiger partial charge in [-0.3, -0.25) is 0 Å². The van der Waals surface area contributed by atoms with Gasteiger partial charge in [0.25, 0.3) is 0 Å². The molecule has 0 N–H and O–H groups in total. The first-order valence-electron chi connectivity index (χ1n) is 8.42. The van der Waals surface area contributed by atoms with E-state index in [0.29, 0.717) is 36.6 Å². The molecule has 1 saturated heterocycles. The molecular formula is C19H22N2O4S. The van der Waals surface area contributed by atoms with Gasteiger partial charge in [-0.05, 0) is 48.9 Å².